The molecule has 0 spiro atoms. The molecule has 3 nitrogen and oxygen atoms in total. The molecule has 0 aromatic heterocycles. The van der Waals surface area contributed by atoms with Crippen LogP contribution in [-0.4, -0.2) is 34.3 Å². The maximum absolute atomic E-state index is 13.4. The van der Waals surface area contributed by atoms with Crippen LogP contribution in [-0.2, 0) is 9.53 Å². The number of ketones is 1. The smallest absolute Gasteiger partial charge is 0.164 e. The van der Waals surface area contributed by atoms with E-state index in [0.717, 1.165) is 6.92 Å². The lowest BCUT2D eigenvalue weighted by atomic mass is 9.85. The molecule has 1 aliphatic rings. The molecule has 4 atom stereocenters. The standard InChI is InChI=1S/C8H12ClFO3/c1-4-7(10)8(12,5(2)11)3-6(9)13-4/h4,6-7,12H,3H2,1-2H3/t4-,6+,7+,8+/m0/s1. The normalized spacial score (nSPS) is 46.1. The third kappa shape index (κ3) is 1.85. The molecule has 0 unspecified atom stereocenters. The third-order valence-corrected chi connectivity index (χ3v) is 2.57. The first-order chi connectivity index (χ1) is 5.88. The van der Waals surface area contributed by atoms with Crippen LogP contribution in [0.5, 0.6) is 0 Å². The van der Waals surface area contributed by atoms with Gasteiger partial charge in [0.1, 0.15) is 5.56 Å². The summed E-state index contributed by atoms with van der Waals surface area (Å²) >= 11 is 5.60. The summed E-state index contributed by atoms with van der Waals surface area (Å²) in [7, 11) is 0. The number of carbonyl (C=O) groups is 1. The summed E-state index contributed by atoms with van der Waals surface area (Å²) in [5.41, 5.74) is -2.79. The predicted molar refractivity (Wildman–Crippen MR) is 45.3 cm³/mol. The van der Waals surface area contributed by atoms with Gasteiger partial charge in [0.05, 0.1) is 6.10 Å². The molecule has 5 heteroatoms. The fourth-order valence-electron chi connectivity index (χ4n) is 1.43. The fraction of sp³-hybridized carbons (Fsp3) is 0.875. The Morgan fingerprint density at radius 3 is 2.77 bits per heavy atom. The molecule has 1 fully saturated rings. The molecule has 1 N–H and O–H groups in total. The number of rotatable bonds is 1. The number of aliphatic hydroxyl groups is 1. The quantitative estimate of drug-likeness (QED) is 0.658. The highest BCUT2D eigenvalue weighted by molar-refractivity contribution is 6.20. The molecule has 76 valence electrons. The van der Waals surface area contributed by atoms with Crippen LogP contribution in [0.4, 0.5) is 4.39 Å². The topological polar surface area (TPSA) is 46.5 Å². The Labute approximate surface area is 80.8 Å². The van der Waals surface area contributed by atoms with E-state index in [1.165, 1.54) is 6.92 Å². The minimum atomic E-state index is -1.98. The van der Waals surface area contributed by atoms with Crippen LogP contribution in [0.3, 0.4) is 0 Å². The summed E-state index contributed by atoms with van der Waals surface area (Å²) < 4.78 is 18.3. The first-order valence-corrected chi connectivity index (χ1v) is 4.48. The van der Waals surface area contributed by atoms with Gasteiger partial charge in [-0.25, -0.2) is 4.39 Å². The van der Waals surface area contributed by atoms with Crippen molar-refractivity contribution >= 4 is 17.4 Å². The van der Waals surface area contributed by atoms with Gasteiger partial charge in [0.15, 0.2) is 17.6 Å². The monoisotopic (exact) mass is 210 g/mol. The van der Waals surface area contributed by atoms with Gasteiger partial charge in [-0.3, -0.25) is 4.79 Å². The van der Waals surface area contributed by atoms with Gasteiger partial charge < -0.3 is 9.84 Å². The zero-order valence-corrected chi connectivity index (χ0v) is 8.21. The summed E-state index contributed by atoms with van der Waals surface area (Å²) in [6, 6.07) is 0. The Balaban J connectivity index is 2.88. The zero-order valence-electron chi connectivity index (χ0n) is 7.46. The van der Waals surface area contributed by atoms with Crippen LogP contribution in [0.2, 0.25) is 0 Å². The summed E-state index contributed by atoms with van der Waals surface area (Å²) in [4.78, 5) is 11.0. The molecule has 0 aromatic carbocycles. The first kappa shape index (κ1) is 10.9. The molecule has 0 amide bonds. The molecule has 1 rings (SSSR count). The van der Waals surface area contributed by atoms with Crippen molar-refractivity contribution in [2.75, 3.05) is 0 Å². The third-order valence-electron chi connectivity index (χ3n) is 2.31. The molecule has 0 saturated carbocycles. The molecule has 1 heterocycles. The van der Waals surface area contributed by atoms with Crippen LogP contribution in [0.15, 0.2) is 0 Å². The van der Waals surface area contributed by atoms with Crippen molar-refractivity contribution in [3.05, 3.63) is 0 Å². The van der Waals surface area contributed by atoms with E-state index < -0.39 is 29.2 Å². The molecule has 0 bridgehead atoms. The van der Waals surface area contributed by atoms with E-state index in [-0.39, 0.29) is 6.42 Å². The van der Waals surface area contributed by atoms with Crippen LogP contribution < -0.4 is 0 Å². The molecule has 1 aliphatic heterocycles. The lowest BCUT2D eigenvalue weighted by molar-refractivity contribution is -0.178. The van der Waals surface area contributed by atoms with Crippen molar-refractivity contribution in [3.63, 3.8) is 0 Å². The SMILES string of the molecule is CC(=O)[C@]1(O)C[C@H](Cl)O[C@@H](C)[C@H]1F. The van der Waals surface area contributed by atoms with E-state index in [1.54, 1.807) is 0 Å². The van der Waals surface area contributed by atoms with Crippen molar-refractivity contribution in [3.8, 4) is 0 Å². The van der Waals surface area contributed by atoms with Crippen LogP contribution in [0.1, 0.15) is 20.3 Å². The number of carbonyl (C=O) groups excluding carboxylic acids is 1. The fourth-order valence-corrected chi connectivity index (χ4v) is 1.83. The maximum Gasteiger partial charge on any atom is 0.164 e. The van der Waals surface area contributed by atoms with Crippen molar-refractivity contribution in [2.45, 2.75) is 43.7 Å². The van der Waals surface area contributed by atoms with Crippen molar-refractivity contribution in [1.82, 2.24) is 0 Å². The summed E-state index contributed by atoms with van der Waals surface area (Å²) in [6.45, 7) is 2.58. The minimum Gasteiger partial charge on any atom is -0.379 e. The van der Waals surface area contributed by atoms with Gasteiger partial charge in [-0.1, -0.05) is 11.6 Å². The molecule has 13 heavy (non-hydrogen) atoms. The van der Waals surface area contributed by atoms with Gasteiger partial charge >= 0.3 is 0 Å². The summed E-state index contributed by atoms with van der Waals surface area (Å²) in [5, 5.41) is 9.67. The molecular formula is C8H12ClFO3. The highest BCUT2D eigenvalue weighted by atomic mass is 35.5. The van der Waals surface area contributed by atoms with Gasteiger partial charge in [-0.05, 0) is 13.8 Å². The Kier molecular flexibility index (Phi) is 2.95. The van der Waals surface area contributed by atoms with E-state index >= 15 is 0 Å². The molecule has 0 radical (unpaired) electrons. The van der Waals surface area contributed by atoms with Crippen molar-refractivity contribution in [1.29, 1.82) is 0 Å². The number of hydrogen-bond donors (Lipinski definition) is 1. The lowest BCUT2D eigenvalue weighted by Gasteiger charge is -2.39. The number of alkyl halides is 2. The molecular weight excluding hydrogens is 199 g/mol. The number of hydrogen-bond acceptors (Lipinski definition) is 3. The van der Waals surface area contributed by atoms with Gasteiger partial charge in [0.2, 0.25) is 0 Å². The van der Waals surface area contributed by atoms with Gasteiger partial charge in [0.25, 0.3) is 0 Å². The number of ether oxygens (including phenoxy) is 1. The number of Topliss-reactive ketones (excluding diaryl/α,β-unsaturated/α-hetero) is 1. The van der Waals surface area contributed by atoms with E-state index in [0.29, 0.717) is 0 Å². The summed E-state index contributed by atoms with van der Waals surface area (Å²) in [5.74, 6) is -0.610. The van der Waals surface area contributed by atoms with Gasteiger partial charge in [-0.2, -0.15) is 0 Å². The Morgan fingerprint density at radius 2 is 2.31 bits per heavy atom. The van der Waals surface area contributed by atoms with Crippen LogP contribution >= 0.6 is 11.6 Å². The first-order valence-electron chi connectivity index (χ1n) is 4.05. The Bertz CT molecular complexity index is 223. The van der Waals surface area contributed by atoms with E-state index in [4.69, 9.17) is 16.3 Å². The Morgan fingerprint density at radius 1 is 1.77 bits per heavy atom. The second kappa shape index (κ2) is 3.52. The van der Waals surface area contributed by atoms with Gasteiger partial charge in [-0.15, -0.1) is 0 Å². The van der Waals surface area contributed by atoms with Crippen LogP contribution in [0.25, 0.3) is 0 Å². The largest absolute Gasteiger partial charge is 0.379 e. The lowest BCUT2D eigenvalue weighted by Crippen LogP contribution is -2.57. The van der Waals surface area contributed by atoms with E-state index in [1.807, 2.05) is 0 Å². The Hall–Kier alpha value is -0.190. The number of halogens is 2. The minimum absolute atomic E-state index is 0.199. The average molecular weight is 211 g/mol. The highest BCUT2D eigenvalue weighted by Crippen LogP contribution is 2.33. The second-order valence-corrected chi connectivity index (χ2v) is 3.82. The second-order valence-electron chi connectivity index (χ2n) is 3.34. The van der Waals surface area contributed by atoms with E-state index in [2.05, 4.69) is 0 Å². The predicted octanol–water partition coefficient (Wildman–Crippen LogP) is 1.02. The van der Waals surface area contributed by atoms with E-state index in [9.17, 15) is 14.3 Å². The zero-order chi connectivity index (χ0) is 10.2. The van der Waals surface area contributed by atoms with Gasteiger partial charge in [0, 0.05) is 6.42 Å². The molecule has 0 aromatic rings. The summed E-state index contributed by atoms with van der Waals surface area (Å²) in [6.07, 6.45) is -2.76. The highest BCUT2D eigenvalue weighted by Gasteiger charge is 2.50. The average Bonchev–Trinajstić information content (AvgIpc) is 1.99. The van der Waals surface area contributed by atoms with Crippen molar-refractivity contribution in [2.24, 2.45) is 0 Å². The van der Waals surface area contributed by atoms with Crippen molar-refractivity contribution < 1.29 is 19.0 Å². The molecule has 1 saturated heterocycles. The maximum atomic E-state index is 13.4. The molecule has 0 aliphatic carbocycles. The van der Waals surface area contributed by atoms with Crippen LogP contribution in [0, 0.1) is 0 Å².